The first-order chi connectivity index (χ1) is 14.2. The maximum absolute atomic E-state index is 13.0. The molecule has 2 aromatic heterocycles. The Labute approximate surface area is 168 Å². The minimum Gasteiger partial charge on any atom is -0.497 e. The third kappa shape index (κ3) is 4.09. The lowest BCUT2D eigenvalue weighted by Crippen LogP contribution is -2.36. The molecule has 0 radical (unpaired) electrons. The molecule has 0 saturated heterocycles. The number of carbonyl (C=O) groups excluding carboxylic acids is 1. The average molecular weight is 393 g/mol. The lowest BCUT2D eigenvalue weighted by Gasteiger charge is -2.21. The van der Waals surface area contributed by atoms with Crippen molar-refractivity contribution in [2.45, 2.75) is 25.4 Å². The van der Waals surface area contributed by atoms with E-state index in [0.29, 0.717) is 12.2 Å². The summed E-state index contributed by atoms with van der Waals surface area (Å²) in [6, 6.07) is 14.7. The van der Waals surface area contributed by atoms with Crippen LogP contribution in [0.2, 0.25) is 0 Å². The molecule has 0 unspecified atom stereocenters. The number of benzene rings is 1. The first-order valence-electron chi connectivity index (χ1n) is 9.50. The van der Waals surface area contributed by atoms with Gasteiger partial charge < -0.3 is 13.6 Å². The van der Waals surface area contributed by atoms with E-state index in [1.54, 1.807) is 19.6 Å². The molecule has 0 fully saturated rings. The number of carbonyl (C=O) groups is 1. The van der Waals surface area contributed by atoms with Crippen LogP contribution >= 0.6 is 0 Å². The molecule has 4 rings (SSSR count). The second-order valence-corrected chi connectivity index (χ2v) is 6.87. The number of rotatable bonds is 7. The van der Waals surface area contributed by atoms with Crippen molar-refractivity contribution in [2.24, 2.45) is 5.10 Å². The predicted octanol–water partition coefficient (Wildman–Crippen LogP) is 3.91. The summed E-state index contributed by atoms with van der Waals surface area (Å²) in [5.41, 5.74) is 1.79. The zero-order chi connectivity index (χ0) is 20.2. The van der Waals surface area contributed by atoms with Gasteiger partial charge in [0.15, 0.2) is 0 Å². The number of hydrazone groups is 1. The van der Waals surface area contributed by atoms with Crippen molar-refractivity contribution < 1.29 is 18.4 Å². The number of furan rings is 2. The second-order valence-electron chi connectivity index (χ2n) is 6.87. The molecule has 0 aliphatic carbocycles. The Morgan fingerprint density at radius 1 is 1.21 bits per heavy atom. The Balaban J connectivity index is 1.51. The summed E-state index contributed by atoms with van der Waals surface area (Å²) in [7, 11) is 1.63. The van der Waals surface area contributed by atoms with Crippen molar-refractivity contribution in [3.63, 3.8) is 0 Å². The number of nitrogens with zero attached hydrogens (tertiary/aromatic N) is 2. The van der Waals surface area contributed by atoms with Crippen LogP contribution in [0.15, 0.2) is 75.0 Å². The van der Waals surface area contributed by atoms with Crippen molar-refractivity contribution in [3.05, 3.63) is 78.1 Å². The molecule has 29 heavy (non-hydrogen) atoms. The molecular weight excluding hydrogens is 370 g/mol. The number of hydrogen-bond acceptors (Lipinski definition) is 6. The Morgan fingerprint density at radius 2 is 1.97 bits per heavy atom. The molecule has 1 amide bonds. The van der Waals surface area contributed by atoms with Crippen molar-refractivity contribution in [2.75, 3.05) is 13.7 Å². The summed E-state index contributed by atoms with van der Waals surface area (Å²) >= 11 is 0. The third-order valence-corrected chi connectivity index (χ3v) is 4.99. The van der Waals surface area contributed by atoms with Gasteiger partial charge in [-0.15, -0.1) is 0 Å². The summed E-state index contributed by atoms with van der Waals surface area (Å²) in [6.07, 6.45) is 3.81. The normalized spacial score (nSPS) is 17.2. The standard InChI is InChI=1S/C22H23N3O4/c1-15(20-5-3-11-28-20)23-14-22(26)25-19(21-6-4-12-29-21)13-18(24-25)16-7-9-17(27-2)10-8-16/h3-12,15,19,23H,13-14H2,1-2H3/t15-,19-/m0/s1. The molecule has 0 saturated carbocycles. The van der Waals surface area contributed by atoms with Gasteiger partial charge in [-0.05, 0) is 61.0 Å². The third-order valence-electron chi connectivity index (χ3n) is 4.99. The molecule has 0 bridgehead atoms. The maximum Gasteiger partial charge on any atom is 0.257 e. The smallest absolute Gasteiger partial charge is 0.257 e. The molecule has 3 aromatic rings. The average Bonchev–Trinajstić information content (AvgIpc) is 3.52. The predicted molar refractivity (Wildman–Crippen MR) is 108 cm³/mol. The number of nitrogens with one attached hydrogen (secondary N) is 1. The highest BCUT2D eigenvalue weighted by Crippen LogP contribution is 2.33. The topological polar surface area (TPSA) is 80.2 Å². The summed E-state index contributed by atoms with van der Waals surface area (Å²) in [6.45, 7) is 2.09. The van der Waals surface area contributed by atoms with Crippen molar-refractivity contribution in [3.8, 4) is 5.75 Å². The fraction of sp³-hybridized carbons (Fsp3) is 0.273. The van der Waals surface area contributed by atoms with Gasteiger partial charge in [-0.25, -0.2) is 5.01 Å². The van der Waals surface area contributed by atoms with Crippen LogP contribution in [0.5, 0.6) is 5.75 Å². The molecule has 7 nitrogen and oxygen atoms in total. The quantitative estimate of drug-likeness (QED) is 0.658. The van der Waals surface area contributed by atoms with Crippen LogP contribution in [-0.4, -0.2) is 30.3 Å². The van der Waals surface area contributed by atoms with E-state index in [9.17, 15) is 4.79 Å². The van der Waals surface area contributed by atoms with Crippen LogP contribution in [0.4, 0.5) is 0 Å². The van der Waals surface area contributed by atoms with E-state index < -0.39 is 0 Å². The Kier molecular flexibility index (Phi) is 5.48. The van der Waals surface area contributed by atoms with E-state index in [-0.39, 0.29) is 24.5 Å². The van der Waals surface area contributed by atoms with Crippen LogP contribution < -0.4 is 10.1 Å². The Morgan fingerprint density at radius 3 is 2.62 bits per heavy atom. The van der Waals surface area contributed by atoms with E-state index in [1.165, 1.54) is 5.01 Å². The lowest BCUT2D eigenvalue weighted by molar-refractivity contribution is -0.132. The molecule has 2 atom stereocenters. The molecule has 3 heterocycles. The Hall–Kier alpha value is -3.32. The van der Waals surface area contributed by atoms with Gasteiger partial charge in [0.05, 0.1) is 37.9 Å². The second kappa shape index (κ2) is 8.36. The van der Waals surface area contributed by atoms with Crippen molar-refractivity contribution >= 4 is 11.6 Å². The van der Waals surface area contributed by atoms with E-state index >= 15 is 0 Å². The summed E-state index contributed by atoms with van der Waals surface area (Å²) in [4.78, 5) is 13.0. The molecule has 1 aliphatic heterocycles. The highest BCUT2D eigenvalue weighted by Gasteiger charge is 2.34. The van der Waals surface area contributed by atoms with E-state index in [0.717, 1.165) is 22.8 Å². The number of methoxy groups -OCH3 is 1. The fourth-order valence-corrected chi connectivity index (χ4v) is 3.36. The monoisotopic (exact) mass is 393 g/mol. The lowest BCUT2D eigenvalue weighted by atomic mass is 10.0. The Bertz CT molecular complexity index is 962. The van der Waals surface area contributed by atoms with Gasteiger partial charge in [-0.1, -0.05) is 0 Å². The first kappa shape index (κ1) is 19.0. The fourth-order valence-electron chi connectivity index (χ4n) is 3.36. The van der Waals surface area contributed by atoms with Gasteiger partial charge in [0.2, 0.25) is 0 Å². The van der Waals surface area contributed by atoms with Crippen LogP contribution in [0.3, 0.4) is 0 Å². The maximum atomic E-state index is 13.0. The number of ether oxygens (including phenoxy) is 1. The van der Waals surface area contributed by atoms with Gasteiger partial charge in [0, 0.05) is 6.42 Å². The SMILES string of the molecule is COc1ccc(C2=NN(C(=O)CN[C@@H](C)c3ccco3)[C@H](c3ccco3)C2)cc1. The summed E-state index contributed by atoms with van der Waals surface area (Å²) in [5.74, 6) is 2.14. The highest BCUT2D eigenvalue weighted by atomic mass is 16.5. The van der Waals surface area contributed by atoms with Gasteiger partial charge in [-0.3, -0.25) is 10.1 Å². The molecule has 0 spiro atoms. The minimum atomic E-state index is -0.268. The summed E-state index contributed by atoms with van der Waals surface area (Å²) in [5, 5.41) is 9.34. The highest BCUT2D eigenvalue weighted by molar-refractivity contribution is 6.03. The van der Waals surface area contributed by atoms with Gasteiger partial charge >= 0.3 is 0 Å². The van der Waals surface area contributed by atoms with E-state index in [2.05, 4.69) is 10.4 Å². The van der Waals surface area contributed by atoms with E-state index in [1.807, 2.05) is 55.5 Å². The van der Waals surface area contributed by atoms with Crippen LogP contribution in [0.25, 0.3) is 0 Å². The molecule has 1 aromatic carbocycles. The molecule has 1 N–H and O–H groups in total. The van der Waals surface area contributed by atoms with Crippen LogP contribution in [0.1, 0.15) is 42.5 Å². The molecule has 150 valence electrons. The largest absolute Gasteiger partial charge is 0.497 e. The summed E-state index contributed by atoms with van der Waals surface area (Å²) < 4.78 is 16.2. The van der Waals surface area contributed by atoms with Crippen LogP contribution in [0, 0.1) is 0 Å². The first-order valence-corrected chi connectivity index (χ1v) is 9.50. The van der Waals surface area contributed by atoms with Gasteiger partial charge in [-0.2, -0.15) is 5.10 Å². The number of hydrogen-bond donors (Lipinski definition) is 1. The van der Waals surface area contributed by atoms with Crippen LogP contribution in [-0.2, 0) is 4.79 Å². The number of amides is 1. The molecule has 1 aliphatic rings. The molecular formula is C22H23N3O4. The van der Waals surface area contributed by atoms with E-state index in [4.69, 9.17) is 13.6 Å². The van der Waals surface area contributed by atoms with Crippen molar-refractivity contribution in [1.29, 1.82) is 0 Å². The zero-order valence-electron chi connectivity index (χ0n) is 16.4. The van der Waals surface area contributed by atoms with Gasteiger partial charge in [0.25, 0.3) is 5.91 Å². The zero-order valence-corrected chi connectivity index (χ0v) is 16.4. The molecule has 7 heteroatoms. The minimum absolute atomic E-state index is 0.0799. The van der Waals surface area contributed by atoms with Crippen molar-refractivity contribution in [1.82, 2.24) is 10.3 Å². The van der Waals surface area contributed by atoms with Gasteiger partial charge in [0.1, 0.15) is 23.3 Å².